The van der Waals surface area contributed by atoms with E-state index in [0.29, 0.717) is 37.2 Å². The van der Waals surface area contributed by atoms with Gasteiger partial charge in [0.05, 0.1) is 17.6 Å². The summed E-state index contributed by atoms with van der Waals surface area (Å²) in [6.45, 7) is 8.38. The molecule has 1 aromatic rings. The Morgan fingerprint density at radius 3 is 2.24 bits per heavy atom. The lowest BCUT2D eigenvalue weighted by molar-refractivity contribution is 0.0496. The Morgan fingerprint density at radius 2 is 1.76 bits per heavy atom. The van der Waals surface area contributed by atoms with Gasteiger partial charge in [-0.25, -0.2) is 18.0 Å². The van der Waals surface area contributed by atoms with Gasteiger partial charge in [-0.15, -0.1) is 0 Å². The van der Waals surface area contributed by atoms with Gasteiger partial charge in [0, 0.05) is 31.1 Å². The van der Waals surface area contributed by atoms with Crippen molar-refractivity contribution >= 4 is 27.6 Å². The standard InChI is InChI=1S/C20H30N2O6S/c1-13-16(11-14(18(23)27-5)12-17(13)29(6,25)26)22-9-7-15(8-10-22)21-19(24)28-20(2,3)4/h11-12,15H,7-10H2,1-6H3,(H,21,24). The van der Waals surface area contributed by atoms with Gasteiger partial charge in [-0.05, 0) is 58.2 Å². The van der Waals surface area contributed by atoms with Gasteiger partial charge in [0.2, 0.25) is 0 Å². The molecule has 8 nitrogen and oxygen atoms in total. The predicted octanol–water partition coefficient (Wildman–Crippen LogP) is 2.68. The zero-order chi connectivity index (χ0) is 22.0. The minimum absolute atomic E-state index is 0.0282. The van der Waals surface area contributed by atoms with Gasteiger partial charge in [-0.2, -0.15) is 0 Å². The van der Waals surface area contributed by atoms with Gasteiger partial charge < -0.3 is 19.7 Å². The second kappa shape index (κ2) is 8.61. The largest absolute Gasteiger partial charge is 0.465 e. The van der Waals surface area contributed by atoms with Crippen LogP contribution >= 0.6 is 0 Å². The first kappa shape index (κ1) is 23.0. The number of hydrogen-bond acceptors (Lipinski definition) is 7. The molecule has 162 valence electrons. The first-order valence-electron chi connectivity index (χ1n) is 9.49. The topological polar surface area (TPSA) is 102 Å². The molecule has 1 fully saturated rings. The number of sulfone groups is 1. The van der Waals surface area contributed by atoms with Crippen LogP contribution in [0.1, 0.15) is 49.5 Å². The van der Waals surface area contributed by atoms with Gasteiger partial charge in [-0.1, -0.05) is 0 Å². The maximum absolute atomic E-state index is 12.2. The van der Waals surface area contributed by atoms with Gasteiger partial charge in [-0.3, -0.25) is 0 Å². The predicted molar refractivity (Wildman–Crippen MR) is 110 cm³/mol. The molecule has 1 saturated heterocycles. The summed E-state index contributed by atoms with van der Waals surface area (Å²) in [6, 6.07) is 2.99. The molecular formula is C20H30N2O6S. The molecule has 0 saturated carbocycles. The molecule has 0 spiro atoms. The second-order valence-corrected chi connectivity index (χ2v) is 10.3. The molecule has 1 aromatic carbocycles. The van der Waals surface area contributed by atoms with Crippen molar-refractivity contribution in [1.82, 2.24) is 5.32 Å². The highest BCUT2D eigenvalue weighted by atomic mass is 32.2. The average molecular weight is 427 g/mol. The molecule has 1 amide bonds. The van der Waals surface area contributed by atoms with Gasteiger partial charge in [0.25, 0.3) is 0 Å². The van der Waals surface area contributed by atoms with E-state index in [1.165, 1.54) is 13.2 Å². The van der Waals surface area contributed by atoms with E-state index >= 15 is 0 Å². The number of rotatable bonds is 4. The maximum Gasteiger partial charge on any atom is 0.407 e. The fourth-order valence-corrected chi connectivity index (χ4v) is 4.36. The number of anilines is 1. The normalized spacial score (nSPS) is 15.7. The summed E-state index contributed by atoms with van der Waals surface area (Å²) in [7, 11) is -2.25. The fourth-order valence-electron chi connectivity index (χ4n) is 3.36. The number of amides is 1. The molecule has 1 heterocycles. The SMILES string of the molecule is COC(=O)c1cc(N2CCC(NC(=O)OC(C)(C)C)CC2)c(C)c(S(C)(=O)=O)c1. The molecule has 9 heteroatoms. The molecule has 1 aliphatic rings. The molecule has 0 aliphatic carbocycles. The summed E-state index contributed by atoms with van der Waals surface area (Å²) in [5.41, 5.74) is 0.920. The number of esters is 1. The molecule has 2 rings (SSSR count). The van der Waals surface area contributed by atoms with Crippen molar-refractivity contribution < 1.29 is 27.5 Å². The van der Waals surface area contributed by atoms with Crippen LogP contribution in [-0.4, -0.2) is 58.6 Å². The van der Waals surface area contributed by atoms with E-state index in [1.54, 1.807) is 13.0 Å². The Balaban J connectivity index is 2.20. The number of alkyl carbamates (subject to hydrolysis) is 1. The maximum atomic E-state index is 12.2. The molecule has 0 bridgehead atoms. The molecule has 0 unspecified atom stereocenters. The monoisotopic (exact) mass is 426 g/mol. The number of benzene rings is 1. The second-order valence-electron chi connectivity index (χ2n) is 8.29. The molecule has 29 heavy (non-hydrogen) atoms. The molecule has 1 N–H and O–H groups in total. The van der Waals surface area contributed by atoms with Crippen molar-refractivity contribution in [3.8, 4) is 0 Å². The van der Waals surface area contributed by atoms with E-state index in [4.69, 9.17) is 9.47 Å². The van der Waals surface area contributed by atoms with E-state index < -0.39 is 27.5 Å². The summed E-state index contributed by atoms with van der Waals surface area (Å²) in [5.74, 6) is -0.586. The lowest BCUT2D eigenvalue weighted by Crippen LogP contribution is -2.46. The van der Waals surface area contributed by atoms with Crippen LogP contribution in [0, 0.1) is 6.92 Å². The number of piperidine rings is 1. The fraction of sp³-hybridized carbons (Fsp3) is 0.600. The Kier molecular flexibility index (Phi) is 6.82. The molecule has 1 aliphatic heterocycles. The van der Waals surface area contributed by atoms with Crippen molar-refractivity contribution in [2.45, 2.75) is 57.1 Å². The minimum atomic E-state index is -3.51. The first-order chi connectivity index (χ1) is 13.3. The smallest absolute Gasteiger partial charge is 0.407 e. The van der Waals surface area contributed by atoms with Crippen LogP contribution in [0.4, 0.5) is 10.5 Å². The highest BCUT2D eigenvalue weighted by Gasteiger charge is 2.27. The van der Waals surface area contributed by atoms with Crippen LogP contribution in [0.15, 0.2) is 17.0 Å². The van der Waals surface area contributed by atoms with Gasteiger partial charge in [0.15, 0.2) is 9.84 Å². The third-order valence-corrected chi connectivity index (χ3v) is 5.93. The lowest BCUT2D eigenvalue weighted by atomic mass is 10.0. The molecule has 0 atom stereocenters. The average Bonchev–Trinajstić information content (AvgIpc) is 2.59. The van der Waals surface area contributed by atoms with E-state index in [1.807, 2.05) is 25.7 Å². The van der Waals surface area contributed by atoms with Crippen molar-refractivity contribution in [3.63, 3.8) is 0 Å². The van der Waals surface area contributed by atoms with Crippen LogP contribution in [0.5, 0.6) is 0 Å². The number of carbonyl (C=O) groups is 2. The van der Waals surface area contributed by atoms with Crippen LogP contribution < -0.4 is 10.2 Å². The summed E-state index contributed by atoms with van der Waals surface area (Å²) < 4.78 is 34.5. The minimum Gasteiger partial charge on any atom is -0.465 e. The van der Waals surface area contributed by atoms with Crippen LogP contribution in [-0.2, 0) is 19.3 Å². The van der Waals surface area contributed by atoms with E-state index in [-0.39, 0.29) is 16.5 Å². The van der Waals surface area contributed by atoms with Gasteiger partial charge >= 0.3 is 12.1 Å². The van der Waals surface area contributed by atoms with Crippen molar-refractivity contribution in [3.05, 3.63) is 23.3 Å². The highest BCUT2D eigenvalue weighted by Crippen LogP contribution is 2.31. The third kappa shape index (κ3) is 6.09. The van der Waals surface area contributed by atoms with E-state index in [9.17, 15) is 18.0 Å². The van der Waals surface area contributed by atoms with Crippen LogP contribution in [0.25, 0.3) is 0 Å². The van der Waals surface area contributed by atoms with Crippen molar-refractivity contribution in [1.29, 1.82) is 0 Å². The lowest BCUT2D eigenvalue weighted by Gasteiger charge is -2.35. The Hall–Kier alpha value is -2.29. The number of ether oxygens (including phenoxy) is 2. The van der Waals surface area contributed by atoms with Crippen LogP contribution in [0.2, 0.25) is 0 Å². The number of nitrogens with one attached hydrogen (secondary N) is 1. The number of hydrogen-bond donors (Lipinski definition) is 1. The summed E-state index contributed by atoms with van der Waals surface area (Å²) in [6.07, 6.45) is 2.03. The molecule has 0 radical (unpaired) electrons. The summed E-state index contributed by atoms with van der Waals surface area (Å²) in [4.78, 5) is 26.2. The Labute approximate surface area is 172 Å². The molecular weight excluding hydrogens is 396 g/mol. The van der Waals surface area contributed by atoms with Crippen molar-refractivity contribution in [2.24, 2.45) is 0 Å². The van der Waals surface area contributed by atoms with E-state index in [0.717, 1.165) is 6.26 Å². The highest BCUT2D eigenvalue weighted by molar-refractivity contribution is 7.90. The third-order valence-electron chi connectivity index (χ3n) is 4.71. The molecule has 0 aromatic heterocycles. The number of carbonyl (C=O) groups excluding carboxylic acids is 2. The van der Waals surface area contributed by atoms with E-state index in [2.05, 4.69) is 5.32 Å². The number of methoxy groups -OCH3 is 1. The van der Waals surface area contributed by atoms with Crippen molar-refractivity contribution in [2.75, 3.05) is 31.4 Å². The zero-order valence-corrected chi connectivity index (χ0v) is 18.7. The quantitative estimate of drug-likeness (QED) is 0.739. The Bertz CT molecular complexity index is 881. The summed E-state index contributed by atoms with van der Waals surface area (Å²) in [5, 5.41) is 2.88. The summed E-state index contributed by atoms with van der Waals surface area (Å²) >= 11 is 0. The van der Waals surface area contributed by atoms with Gasteiger partial charge in [0.1, 0.15) is 5.60 Å². The first-order valence-corrected chi connectivity index (χ1v) is 11.4. The Morgan fingerprint density at radius 1 is 1.17 bits per heavy atom. The number of nitrogens with zero attached hydrogens (tertiary/aromatic N) is 1. The van der Waals surface area contributed by atoms with Crippen LogP contribution in [0.3, 0.4) is 0 Å². The zero-order valence-electron chi connectivity index (χ0n) is 17.9.